The predicted molar refractivity (Wildman–Crippen MR) is 51.9 cm³/mol. The first kappa shape index (κ1) is 12.2. The number of nitrogens with one attached hydrogen (secondary N) is 1. The van der Waals surface area contributed by atoms with Gasteiger partial charge in [-0.2, -0.15) is 0 Å². The van der Waals surface area contributed by atoms with Crippen LogP contribution in [0.25, 0.3) is 0 Å². The lowest BCUT2D eigenvalue weighted by Crippen LogP contribution is -2.18. The zero-order valence-corrected chi connectivity index (χ0v) is 8.65. The van der Waals surface area contributed by atoms with E-state index in [0.29, 0.717) is 6.07 Å². The van der Waals surface area contributed by atoms with Gasteiger partial charge in [0.05, 0.1) is 16.7 Å². The molecule has 0 aliphatic heterocycles. The molecule has 0 radical (unpaired) electrons. The van der Waals surface area contributed by atoms with Crippen LogP contribution in [0.15, 0.2) is 6.07 Å². The number of benzene rings is 1. The molecule has 0 amide bonds. The molecule has 0 aromatic heterocycles. The first-order valence-corrected chi connectivity index (χ1v) is 4.55. The molecule has 1 aromatic carbocycles. The number of phenolic OH excluding ortho intramolecular Hbond substituents is 1. The largest absolute Gasteiger partial charge is 0.506 e. The van der Waals surface area contributed by atoms with Crippen LogP contribution in [-0.4, -0.2) is 23.8 Å². The maximum Gasteiger partial charge on any atom is 0.168 e. The molecule has 15 heavy (non-hydrogen) atoms. The second-order valence-corrected chi connectivity index (χ2v) is 3.40. The molecule has 0 aliphatic carbocycles. The van der Waals surface area contributed by atoms with E-state index in [1.54, 1.807) is 0 Å². The quantitative estimate of drug-likeness (QED) is 0.700. The Morgan fingerprint density at radius 3 is 2.67 bits per heavy atom. The van der Waals surface area contributed by atoms with Crippen LogP contribution < -0.4 is 5.32 Å². The topological polar surface area (TPSA) is 52.5 Å². The Bertz CT molecular complexity index is 347. The summed E-state index contributed by atoms with van der Waals surface area (Å²) in [6.45, 7) is -0.0235. The molecule has 1 atom stereocenters. The summed E-state index contributed by atoms with van der Waals surface area (Å²) in [6.07, 6.45) is -1.36. The van der Waals surface area contributed by atoms with E-state index in [4.69, 9.17) is 11.6 Å². The van der Waals surface area contributed by atoms with Gasteiger partial charge in [0.25, 0.3) is 0 Å². The second-order valence-electron chi connectivity index (χ2n) is 2.99. The summed E-state index contributed by atoms with van der Waals surface area (Å²) < 4.78 is 26.2. The lowest BCUT2D eigenvalue weighted by atomic mass is 10.1. The van der Waals surface area contributed by atoms with Crippen LogP contribution in [0.2, 0.25) is 5.02 Å². The maximum absolute atomic E-state index is 13.2. The molecule has 0 spiro atoms. The minimum atomic E-state index is -1.36. The van der Waals surface area contributed by atoms with E-state index in [1.807, 2.05) is 0 Å². The molecule has 1 aromatic rings. The summed E-state index contributed by atoms with van der Waals surface area (Å²) in [4.78, 5) is 0. The van der Waals surface area contributed by atoms with Gasteiger partial charge in [-0.1, -0.05) is 11.6 Å². The number of hydrogen-bond acceptors (Lipinski definition) is 3. The number of phenols is 1. The Morgan fingerprint density at radius 1 is 1.53 bits per heavy atom. The first-order valence-electron chi connectivity index (χ1n) is 4.18. The van der Waals surface area contributed by atoms with Crippen LogP contribution in [0.3, 0.4) is 0 Å². The predicted octanol–water partition coefficient (Wildman–Crippen LogP) is 1.58. The highest BCUT2D eigenvalue weighted by atomic mass is 35.5. The Kier molecular flexibility index (Phi) is 3.84. The standard InChI is InChI=1S/C9H10ClF2NO2/c1-13-3-6(14)7-8(12)5(11)2-4(10)9(7)15/h2,6,13-15H,3H2,1H3. The average molecular weight is 238 g/mol. The highest BCUT2D eigenvalue weighted by molar-refractivity contribution is 6.32. The van der Waals surface area contributed by atoms with Crippen molar-refractivity contribution in [1.82, 2.24) is 5.32 Å². The number of likely N-dealkylation sites (N-methyl/N-ethyl adjacent to an activating group) is 1. The summed E-state index contributed by atoms with van der Waals surface area (Å²) >= 11 is 5.45. The lowest BCUT2D eigenvalue weighted by molar-refractivity contribution is 0.167. The Morgan fingerprint density at radius 2 is 2.13 bits per heavy atom. The van der Waals surface area contributed by atoms with E-state index < -0.39 is 29.1 Å². The summed E-state index contributed by atoms with van der Waals surface area (Å²) in [5.74, 6) is -3.14. The summed E-state index contributed by atoms with van der Waals surface area (Å²) in [6, 6.07) is 0.655. The van der Waals surface area contributed by atoms with Gasteiger partial charge in [-0.05, 0) is 13.1 Å². The molecule has 0 saturated carbocycles. The van der Waals surface area contributed by atoms with E-state index >= 15 is 0 Å². The third kappa shape index (κ3) is 2.37. The fraction of sp³-hybridized carbons (Fsp3) is 0.333. The smallest absolute Gasteiger partial charge is 0.168 e. The zero-order valence-electron chi connectivity index (χ0n) is 7.89. The summed E-state index contributed by atoms with van der Waals surface area (Å²) in [5.41, 5.74) is -0.533. The normalized spacial score (nSPS) is 12.9. The molecule has 84 valence electrons. The van der Waals surface area contributed by atoms with Crippen molar-refractivity contribution in [2.45, 2.75) is 6.10 Å². The first-order chi connectivity index (χ1) is 6.99. The van der Waals surface area contributed by atoms with E-state index in [9.17, 15) is 19.0 Å². The number of rotatable bonds is 3. The summed E-state index contributed by atoms with van der Waals surface area (Å²) in [5, 5.41) is 21.0. The molecular weight excluding hydrogens is 228 g/mol. The van der Waals surface area contributed by atoms with Crippen LogP contribution in [0.1, 0.15) is 11.7 Å². The van der Waals surface area contributed by atoms with E-state index in [1.165, 1.54) is 7.05 Å². The molecule has 3 N–H and O–H groups in total. The van der Waals surface area contributed by atoms with Crippen molar-refractivity contribution >= 4 is 11.6 Å². The van der Waals surface area contributed by atoms with Gasteiger partial charge < -0.3 is 15.5 Å². The fourth-order valence-electron chi connectivity index (χ4n) is 1.20. The highest BCUT2D eigenvalue weighted by Crippen LogP contribution is 2.35. The van der Waals surface area contributed by atoms with Gasteiger partial charge in [0, 0.05) is 6.54 Å². The van der Waals surface area contributed by atoms with Gasteiger partial charge in [0.1, 0.15) is 5.75 Å². The number of aliphatic hydroxyl groups excluding tert-OH is 1. The van der Waals surface area contributed by atoms with Crippen molar-refractivity contribution < 1.29 is 19.0 Å². The van der Waals surface area contributed by atoms with Crippen LogP contribution in [0, 0.1) is 11.6 Å². The minimum Gasteiger partial charge on any atom is -0.506 e. The Labute approximate surface area is 90.3 Å². The van der Waals surface area contributed by atoms with E-state index in [0.717, 1.165) is 0 Å². The molecule has 0 heterocycles. The maximum atomic E-state index is 13.2. The van der Waals surface area contributed by atoms with E-state index in [-0.39, 0.29) is 11.6 Å². The van der Waals surface area contributed by atoms with Crippen molar-refractivity contribution in [2.75, 3.05) is 13.6 Å². The van der Waals surface area contributed by atoms with Crippen molar-refractivity contribution in [3.63, 3.8) is 0 Å². The van der Waals surface area contributed by atoms with Gasteiger partial charge in [0.2, 0.25) is 0 Å². The van der Waals surface area contributed by atoms with Crippen molar-refractivity contribution in [3.05, 3.63) is 28.3 Å². The third-order valence-electron chi connectivity index (χ3n) is 1.91. The number of halogens is 3. The number of aliphatic hydroxyl groups is 1. The molecule has 1 unspecified atom stereocenters. The van der Waals surface area contributed by atoms with Crippen LogP contribution in [0.5, 0.6) is 5.75 Å². The van der Waals surface area contributed by atoms with Gasteiger partial charge >= 0.3 is 0 Å². The number of aromatic hydroxyl groups is 1. The lowest BCUT2D eigenvalue weighted by Gasteiger charge is -2.14. The average Bonchev–Trinajstić information content (AvgIpc) is 2.16. The monoisotopic (exact) mass is 237 g/mol. The third-order valence-corrected chi connectivity index (χ3v) is 2.20. The fourth-order valence-corrected chi connectivity index (χ4v) is 1.40. The van der Waals surface area contributed by atoms with Gasteiger partial charge in [-0.3, -0.25) is 0 Å². The van der Waals surface area contributed by atoms with Crippen LogP contribution in [-0.2, 0) is 0 Å². The highest BCUT2D eigenvalue weighted by Gasteiger charge is 2.22. The van der Waals surface area contributed by atoms with Gasteiger partial charge in [-0.15, -0.1) is 0 Å². The van der Waals surface area contributed by atoms with Crippen molar-refractivity contribution in [1.29, 1.82) is 0 Å². The molecule has 0 bridgehead atoms. The van der Waals surface area contributed by atoms with Gasteiger partial charge in [0.15, 0.2) is 11.6 Å². The molecule has 1 rings (SSSR count). The molecule has 0 saturated heterocycles. The Hall–Kier alpha value is -0.910. The molecule has 3 nitrogen and oxygen atoms in total. The van der Waals surface area contributed by atoms with Crippen molar-refractivity contribution in [2.24, 2.45) is 0 Å². The molecule has 0 fully saturated rings. The van der Waals surface area contributed by atoms with Crippen LogP contribution in [0.4, 0.5) is 8.78 Å². The molecule has 6 heteroatoms. The summed E-state index contributed by atoms with van der Waals surface area (Å²) in [7, 11) is 1.53. The van der Waals surface area contributed by atoms with Crippen molar-refractivity contribution in [3.8, 4) is 5.75 Å². The number of hydrogen-bond donors (Lipinski definition) is 3. The van der Waals surface area contributed by atoms with Gasteiger partial charge in [-0.25, -0.2) is 8.78 Å². The van der Waals surface area contributed by atoms with Crippen LogP contribution >= 0.6 is 11.6 Å². The Balaban J connectivity index is 3.26. The SMILES string of the molecule is CNCC(O)c1c(O)c(Cl)cc(F)c1F. The minimum absolute atomic E-state index is 0.0235. The zero-order chi connectivity index (χ0) is 11.6. The van der Waals surface area contributed by atoms with E-state index in [2.05, 4.69) is 5.32 Å². The second kappa shape index (κ2) is 4.74. The molecular formula is C9H10ClF2NO2. The molecule has 0 aliphatic rings.